The zero-order chi connectivity index (χ0) is 12.3. The van der Waals surface area contributed by atoms with Gasteiger partial charge in [-0.3, -0.25) is 0 Å². The van der Waals surface area contributed by atoms with E-state index in [0.29, 0.717) is 16.3 Å². The summed E-state index contributed by atoms with van der Waals surface area (Å²) in [5.41, 5.74) is -1.22. The summed E-state index contributed by atoms with van der Waals surface area (Å²) in [7, 11) is 1.46. The second-order valence-electron chi connectivity index (χ2n) is 3.71. The van der Waals surface area contributed by atoms with E-state index in [1.54, 1.807) is 18.2 Å². The quantitative estimate of drug-likeness (QED) is 0.847. The van der Waals surface area contributed by atoms with Crippen LogP contribution in [-0.2, 0) is 11.2 Å². The van der Waals surface area contributed by atoms with Crippen molar-refractivity contribution in [3.63, 3.8) is 0 Å². The molecular weight excluding hydrogens is 232 g/mol. The molecule has 0 heterocycles. The van der Waals surface area contributed by atoms with Gasteiger partial charge in [-0.1, -0.05) is 17.7 Å². The fraction of sp³-hybridized carbons (Fsp3) is 0.364. The van der Waals surface area contributed by atoms with E-state index in [0.717, 1.165) is 0 Å². The fourth-order valence-electron chi connectivity index (χ4n) is 1.31. The van der Waals surface area contributed by atoms with Gasteiger partial charge in [-0.15, -0.1) is 0 Å². The monoisotopic (exact) mass is 244 g/mol. The number of hydrogen-bond acceptors (Lipinski definition) is 3. The third kappa shape index (κ3) is 2.87. The Hall–Kier alpha value is -1.26. The Balaban J connectivity index is 3.01. The van der Waals surface area contributed by atoms with Crippen molar-refractivity contribution in [3.05, 3.63) is 28.8 Å². The molecule has 1 rings (SSSR count). The highest BCUT2D eigenvalue weighted by atomic mass is 35.5. The summed E-state index contributed by atoms with van der Waals surface area (Å²) in [6.45, 7) is 1.24. The lowest BCUT2D eigenvalue weighted by Gasteiger charge is -2.19. The van der Waals surface area contributed by atoms with Crippen LogP contribution in [0, 0.1) is 0 Å². The maximum absolute atomic E-state index is 10.8. The summed E-state index contributed by atoms with van der Waals surface area (Å²) in [4.78, 5) is 10.8. The van der Waals surface area contributed by atoms with Crippen LogP contribution in [0.15, 0.2) is 18.2 Å². The van der Waals surface area contributed by atoms with E-state index in [1.807, 2.05) is 0 Å². The van der Waals surface area contributed by atoms with E-state index in [4.69, 9.17) is 21.4 Å². The highest BCUT2D eigenvalue weighted by Gasteiger charge is 2.31. The van der Waals surface area contributed by atoms with Crippen LogP contribution < -0.4 is 4.74 Å². The number of aliphatic carboxylic acids is 1. The molecule has 4 nitrogen and oxygen atoms in total. The fourth-order valence-corrected chi connectivity index (χ4v) is 1.47. The van der Waals surface area contributed by atoms with E-state index in [1.165, 1.54) is 14.0 Å². The second-order valence-corrected chi connectivity index (χ2v) is 4.15. The maximum atomic E-state index is 10.8. The van der Waals surface area contributed by atoms with Crippen molar-refractivity contribution in [1.29, 1.82) is 0 Å². The van der Waals surface area contributed by atoms with Crippen molar-refractivity contribution in [2.24, 2.45) is 0 Å². The first-order valence-electron chi connectivity index (χ1n) is 4.65. The Kier molecular flexibility index (Phi) is 3.78. The lowest BCUT2D eigenvalue weighted by atomic mass is 9.96. The Labute approximate surface area is 98.4 Å². The van der Waals surface area contributed by atoms with Crippen LogP contribution in [0.5, 0.6) is 5.75 Å². The van der Waals surface area contributed by atoms with Gasteiger partial charge >= 0.3 is 5.97 Å². The molecule has 1 aromatic rings. The van der Waals surface area contributed by atoms with Crippen LogP contribution >= 0.6 is 11.6 Å². The smallest absolute Gasteiger partial charge is 0.335 e. The normalized spacial score (nSPS) is 14.2. The largest absolute Gasteiger partial charge is 0.496 e. The van der Waals surface area contributed by atoms with Gasteiger partial charge in [0.05, 0.1) is 7.11 Å². The van der Waals surface area contributed by atoms with Gasteiger partial charge in [-0.2, -0.15) is 0 Å². The summed E-state index contributed by atoms with van der Waals surface area (Å²) >= 11 is 5.77. The van der Waals surface area contributed by atoms with Gasteiger partial charge in [0.2, 0.25) is 0 Å². The van der Waals surface area contributed by atoms with Crippen molar-refractivity contribution >= 4 is 17.6 Å². The molecule has 2 N–H and O–H groups in total. The number of hydrogen-bond donors (Lipinski definition) is 2. The number of halogens is 1. The average Bonchev–Trinajstić information content (AvgIpc) is 2.20. The van der Waals surface area contributed by atoms with Gasteiger partial charge in [0.25, 0.3) is 0 Å². The lowest BCUT2D eigenvalue weighted by Crippen LogP contribution is -2.37. The molecule has 0 amide bonds. The van der Waals surface area contributed by atoms with E-state index in [-0.39, 0.29) is 6.42 Å². The summed E-state index contributed by atoms with van der Waals surface area (Å²) in [5.74, 6) is -0.807. The number of methoxy groups -OCH3 is 1. The molecule has 0 fully saturated rings. The molecule has 0 aliphatic rings. The highest BCUT2D eigenvalue weighted by Crippen LogP contribution is 2.26. The molecule has 0 aromatic heterocycles. The summed E-state index contributed by atoms with van der Waals surface area (Å²) in [5, 5.41) is 18.9. The minimum atomic E-state index is -1.82. The molecule has 1 aromatic carbocycles. The summed E-state index contributed by atoms with van der Waals surface area (Å²) in [6, 6.07) is 4.84. The Morgan fingerprint density at radius 1 is 1.56 bits per heavy atom. The lowest BCUT2D eigenvalue weighted by molar-refractivity contribution is -0.156. The highest BCUT2D eigenvalue weighted by molar-refractivity contribution is 6.30. The topological polar surface area (TPSA) is 66.8 Å². The van der Waals surface area contributed by atoms with Gasteiger partial charge in [0.1, 0.15) is 5.75 Å². The van der Waals surface area contributed by atoms with Crippen molar-refractivity contribution < 1.29 is 19.7 Å². The number of ether oxygens (including phenoxy) is 1. The number of aliphatic hydroxyl groups is 1. The van der Waals surface area contributed by atoms with Crippen molar-refractivity contribution in [2.75, 3.05) is 7.11 Å². The van der Waals surface area contributed by atoms with Crippen molar-refractivity contribution in [2.45, 2.75) is 18.9 Å². The van der Waals surface area contributed by atoms with Gasteiger partial charge in [-0.05, 0) is 24.6 Å². The predicted octanol–water partition coefficient (Wildman–Crippen LogP) is 1.73. The van der Waals surface area contributed by atoms with Crippen LogP contribution in [0.1, 0.15) is 12.5 Å². The third-order valence-corrected chi connectivity index (χ3v) is 2.48. The number of benzene rings is 1. The number of carbonyl (C=O) groups is 1. The third-order valence-electron chi connectivity index (χ3n) is 2.24. The molecule has 0 bridgehead atoms. The van der Waals surface area contributed by atoms with Gasteiger partial charge in [0, 0.05) is 11.4 Å². The van der Waals surface area contributed by atoms with Crippen LogP contribution in [0.2, 0.25) is 5.02 Å². The van der Waals surface area contributed by atoms with Crippen LogP contribution in [-0.4, -0.2) is 28.9 Å². The Bertz CT molecular complexity index is 401. The van der Waals surface area contributed by atoms with E-state index in [9.17, 15) is 9.90 Å². The minimum Gasteiger partial charge on any atom is -0.496 e. The zero-order valence-electron chi connectivity index (χ0n) is 9.03. The van der Waals surface area contributed by atoms with Crippen LogP contribution in [0.4, 0.5) is 0 Å². The number of carboxylic acids is 1. The molecule has 1 unspecified atom stereocenters. The molecule has 1 atom stereocenters. The molecule has 0 saturated carbocycles. The predicted molar refractivity (Wildman–Crippen MR) is 60.0 cm³/mol. The van der Waals surface area contributed by atoms with Crippen LogP contribution in [0.3, 0.4) is 0 Å². The standard InChI is InChI=1S/C11H13ClO4/c1-11(15,10(13)14)6-7-3-4-8(12)5-9(7)16-2/h3-5,15H,6H2,1-2H3,(H,13,14). The Morgan fingerprint density at radius 2 is 2.19 bits per heavy atom. The molecular formula is C11H13ClO4. The molecule has 0 aliphatic carbocycles. The maximum Gasteiger partial charge on any atom is 0.335 e. The Morgan fingerprint density at radius 3 is 2.69 bits per heavy atom. The van der Waals surface area contributed by atoms with E-state index < -0.39 is 11.6 Å². The number of carboxylic acid groups (broad SMARTS) is 1. The van der Waals surface area contributed by atoms with Gasteiger partial charge in [-0.25, -0.2) is 4.79 Å². The molecule has 0 saturated heterocycles. The molecule has 0 spiro atoms. The summed E-state index contributed by atoms with van der Waals surface area (Å²) < 4.78 is 5.06. The minimum absolute atomic E-state index is 0.0390. The van der Waals surface area contributed by atoms with Gasteiger partial charge in [0.15, 0.2) is 5.60 Å². The first kappa shape index (κ1) is 12.8. The SMILES string of the molecule is COc1cc(Cl)ccc1CC(C)(O)C(=O)O. The van der Waals surface area contributed by atoms with E-state index in [2.05, 4.69) is 0 Å². The summed E-state index contributed by atoms with van der Waals surface area (Å²) in [6.07, 6.45) is -0.0390. The average molecular weight is 245 g/mol. The van der Waals surface area contributed by atoms with Crippen molar-refractivity contribution in [1.82, 2.24) is 0 Å². The molecule has 0 radical (unpaired) electrons. The zero-order valence-corrected chi connectivity index (χ0v) is 9.78. The molecule has 88 valence electrons. The molecule has 0 aliphatic heterocycles. The van der Waals surface area contributed by atoms with E-state index >= 15 is 0 Å². The van der Waals surface area contributed by atoms with Crippen LogP contribution in [0.25, 0.3) is 0 Å². The second kappa shape index (κ2) is 4.72. The first-order chi connectivity index (χ1) is 7.36. The first-order valence-corrected chi connectivity index (χ1v) is 5.03. The molecule has 16 heavy (non-hydrogen) atoms. The molecule has 5 heteroatoms. The van der Waals surface area contributed by atoms with Crippen molar-refractivity contribution in [3.8, 4) is 5.75 Å². The van der Waals surface area contributed by atoms with Gasteiger partial charge < -0.3 is 14.9 Å². The number of rotatable bonds is 4.